The quantitative estimate of drug-likeness (QED) is 0.447. The van der Waals surface area contributed by atoms with Gasteiger partial charge in [0, 0.05) is 18.8 Å². The van der Waals surface area contributed by atoms with Gasteiger partial charge in [-0.15, -0.1) is 0 Å². The molecule has 2 unspecified atom stereocenters. The fourth-order valence-electron chi connectivity index (χ4n) is 7.32. The van der Waals surface area contributed by atoms with E-state index in [-0.39, 0.29) is 41.7 Å². The monoisotopic (exact) mass is 456 g/mol. The maximum Gasteiger partial charge on any atom is 0.306 e. The molecule has 6 nitrogen and oxygen atoms in total. The highest BCUT2D eigenvalue weighted by Gasteiger charge is 2.61. The van der Waals surface area contributed by atoms with E-state index in [2.05, 4.69) is 13.0 Å². The molecule has 0 radical (unpaired) electrons. The summed E-state index contributed by atoms with van der Waals surface area (Å²) >= 11 is 0. The average Bonchev–Trinajstić information content (AvgIpc) is 3.14. The molecule has 4 aliphatic carbocycles. The molecule has 6 heteroatoms. The Kier molecular flexibility index (Phi) is 6.17. The summed E-state index contributed by atoms with van der Waals surface area (Å²) < 4.78 is 11.5. The molecule has 0 bridgehead atoms. The first-order valence-electron chi connectivity index (χ1n) is 12.4. The first-order chi connectivity index (χ1) is 15.6. The lowest BCUT2D eigenvalue weighted by Crippen LogP contribution is -2.57. The van der Waals surface area contributed by atoms with E-state index in [0.29, 0.717) is 5.92 Å². The highest BCUT2D eigenvalue weighted by molar-refractivity contribution is 5.98. The third-order valence-corrected chi connectivity index (χ3v) is 9.07. The molecule has 7 atom stereocenters. The summed E-state index contributed by atoms with van der Waals surface area (Å²) in [6.45, 7) is 9.40. The minimum atomic E-state index is -1.14. The number of carbonyl (C=O) groups is 4. The summed E-state index contributed by atoms with van der Waals surface area (Å²) in [5.41, 5.74) is 1.38. The molecule has 0 aromatic rings. The lowest BCUT2D eigenvalue weighted by atomic mass is 9.50. The number of Topliss-reactive ketones (excluding diaryl/α,β-unsaturated/α-hetero) is 1. The molecule has 0 saturated heterocycles. The zero-order chi connectivity index (χ0) is 24.1. The molecule has 4 aliphatic rings. The number of carbonyl (C=O) groups excluding carboxylic acids is 4. The number of allylic oxidation sites excluding steroid dienone is 1. The van der Waals surface area contributed by atoms with Crippen LogP contribution in [-0.4, -0.2) is 35.7 Å². The largest absolute Gasteiger partial charge is 0.457 e. The standard InChI is InChI=1S/C27H36O6/c1-6-22(30)32-24-21(29)14-16-8-9-17-19-11-10-18(15(3)28)26(19,4)13-12-20(17)27(16,5)25(24)33-23(31)7-2/h12,14,17-19,24-25H,6-11,13H2,1-5H3/t17-,18+,19-,24?,25?,26+,27-/m0/s1. The molecular weight excluding hydrogens is 420 g/mol. The van der Waals surface area contributed by atoms with Crippen molar-refractivity contribution in [3.8, 4) is 0 Å². The molecule has 0 spiro atoms. The third-order valence-electron chi connectivity index (χ3n) is 9.07. The predicted molar refractivity (Wildman–Crippen MR) is 122 cm³/mol. The van der Waals surface area contributed by atoms with E-state index in [1.165, 1.54) is 5.57 Å². The molecule has 2 fully saturated rings. The Morgan fingerprint density at radius 1 is 1.03 bits per heavy atom. The fraction of sp³-hybridized carbons (Fsp3) is 0.704. The number of hydrogen-bond donors (Lipinski definition) is 0. The topological polar surface area (TPSA) is 86.7 Å². The average molecular weight is 457 g/mol. The first-order valence-corrected chi connectivity index (χ1v) is 12.4. The molecular formula is C27H36O6. The first kappa shape index (κ1) is 23.9. The zero-order valence-electron chi connectivity index (χ0n) is 20.4. The second-order valence-electron chi connectivity index (χ2n) is 10.7. The molecule has 0 aromatic heterocycles. The van der Waals surface area contributed by atoms with Gasteiger partial charge in [-0.1, -0.05) is 38.0 Å². The lowest BCUT2D eigenvalue weighted by Gasteiger charge is -2.55. The Labute approximate surface area is 196 Å². The van der Waals surface area contributed by atoms with Crippen molar-refractivity contribution in [2.24, 2.45) is 28.6 Å². The summed E-state index contributed by atoms with van der Waals surface area (Å²) in [6, 6.07) is 0. The highest BCUT2D eigenvalue weighted by atomic mass is 16.6. The van der Waals surface area contributed by atoms with Crippen LogP contribution in [0.1, 0.15) is 79.6 Å². The number of hydrogen-bond acceptors (Lipinski definition) is 6. The van der Waals surface area contributed by atoms with Gasteiger partial charge in [0.25, 0.3) is 0 Å². The van der Waals surface area contributed by atoms with Crippen LogP contribution in [0.5, 0.6) is 0 Å². The molecule has 0 heterocycles. The molecule has 0 aliphatic heterocycles. The van der Waals surface area contributed by atoms with Crippen LogP contribution in [0.2, 0.25) is 0 Å². The predicted octanol–water partition coefficient (Wildman–Crippen LogP) is 4.51. The van der Waals surface area contributed by atoms with Crippen molar-refractivity contribution in [3.05, 3.63) is 23.3 Å². The van der Waals surface area contributed by atoms with Crippen molar-refractivity contribution in [2.45, 2.75) is 91.8 Å². The van der Waals surface area contributed by atoms with Crippen molar-refractivity contribution >= 4 is 23.5 Å². The van der Waals surface area contributed by atoms with E-state index >= 15 is 0 Å². The third kappa shape index (κ3) is 3.60. The number of rotatable bonds is 5. The maximum atomic E-state index is 13.0. The smallest absolute Gasteiger partial charge is 0.306 e. The summed E-state index contributed by atoms with van der Waals surface area (Å²) in [7, 11) is 0. The lowest BCUT2D eigenvalue weighted by molar-refractivity contribution is -0.179. The Bertz CT molecular complexity index is 944. The zero-order valence-corrected chi connectivity index (χ0v) is 20.4. The molecule has 4 rings (SSSR count). The number of fused-ring (bicyclic) bond motifs is 5. The minimum absolute atomic E-state index is 0.0638. The van der Waals surface area contributed by atoms with Crippen LogP contribution in [0.15, 0.2) is 23.3 Å². The van der Waals surface area contributed by atoms with E-state index in [1.807, 2.05) is 6.92 Å². The van der Waals surface area contributed by atoms with Crippen LogP contribution in [0.3, 0.4) is 0 Å². The number of esters is 2. The van der Waals surface area contributed by atoms with Gasteiger partial charge in [-0.25, -0.2) is 0 Å². The van der Waals surface area contributed by atoms with E-state index in [9.17, 15) is 19.2 Å². The van der Waals surface area contributed by atoms with Gasteiger partial charge >= 0.3 is 11.9 Å². The molecule has 0 aromatic carbocycles. The van der Waals surface area contributed by atoms with Gasteiger partial charge in [0.2, 0.25) is 6.10 Å². The fourth-order valence-corrected chi connectivity index (χ4v) is 7.32. The van der Waals surface area contributed by atoms with Gasteiger partial charge in [-0.3, -0.25) is 19.2 Å². The van der Waals surface area contributed by atoms with Gasteiger partial charge in [-0.05, 0) is 69.3 Å². The molecule has 0 amide bonds. The SMILES string of the molecule is CCC(=O)OC1C(=O)C=C2CC[C@@H]3C(=CC[C@]4(C)[C@@H](C(C)=O)CC[C@@H]34)[C@@]2(C)C1OC(=O)CC. The van der Waals surface area contributed by atoms with Gasteiger partial charge in [0.1, 0.15) is 5.78 Å². The Hall–Kier alpha value is -2.24. The van der Waals surface area contributed by atoms with Crippen LogP contribution in [-0.2, 0) is 28.7 Å². The van der Waals surface area contributed by atoms with E-state index < -0.39 is 29.6 Å². The van der Waals surface area contributed by atoms with E-state index in [0.717, 1.165) is 37.7 Å². The Morgan fingerprint density at radius 2 is 1.70 bits per heavy atom. The molecule has 2 saturated carbocycles. The van der Waals surface area contributed by atoms with Gasteiger partial charge < -0.3 is 9.47 Å². The normalized spacial score (nSPS) is 39.4. The molecule has 0 N–H and O–H groups in total. The Balaban J connectivity index is 1.80. The summed E-state index contributed by atoms with van der Waals surface area (Å²) in [4.78, 5) is 50.1. The van der Waals surface area contributed by atoms with Crippen molar-refractivity contribution in [1.29, 1.82) is 0 Å². The summed E-state index contributed by atoms with van der Waals surface area (Å²) in [6.07, 6.45) is 6.54. The van der Waals surface area contributed by atoms with Gasteiger partial charge in [0.15, 0.2) is 11.9 Å². The number of ketones is 2. The second-order valence-corrected chi connectivity index (χ2v) is 10.7. The van der Waals surface area contributed by atoms with Crippen molar-refractivity contribution < 1.29 is 28.7 Å². The van der Waals surface area contributed by atoms with Gasteiger partial charge in [-0.2, -0.15) is 0 Å². The van der Waals surface area contributed by atoms with Crippen LogP contribution in [0.4, 0.5) is 0 Å². The minimum Gasteiger partial charge on any atom is -0.457 e. The van der Waals surface area contributed by atoms with Crippen LogP contribution >= 0.6 is 0 Å². The van der Waals surface area contributed by atoms with Gasteiger partial charge in [0.05, 0.1) is 5.41 Å². The molecule has 33 heavy (non-hydrogen) atoms. The molecule has 180 valence electrons. The summed E-state index contributed by atoms with van der Waals surface area (Å²) in [5.74, 6) is -0.225. The highest BCUT2D eigenvalue weighted by Crippen LogP contribution is 2.65. The van der Waals surface area contributed by atoms with Crippen molar-refractivity contribution in [1.82, 2.24) is 0 Å². The van der Waals surface area contributed by atoms with Crippen LogP contribution < -0.4 is 0 Å². The second kappa shape index (κ2) is 8.52. The number of ether oxygens (including phenoxy) is 2. The maximum absolute atomic E-state index is 13.0. The van der Waals surface area contributed by atoms with E-state index in [1.54, 1.807) is 26.8 Å². The van der Waals surface area contributed by atoms with Crippen LogP contribution in [0, 0.1) is 28.6 Å². The van der Waals surface area contributed by atoms with E-state index in [4.69, 9.17) is 9.47 Å². The Morgan fingerprint density at radius 3 is 2.33 bits per heavy atom. The van der Waals surface area contributed by atoms with Crippen LogP contribution in [0.25, 0.3) is 0 Å². The van der Waals surface area contributed by atoms with Crippen molar-refractivity contribution in [2.75, 3.05) is 0 Å². The summed E-state index contributed by atoms with van der Waals surface area (Å²) in [5, 5.41) is 0. The van der Waals surface area contributed by atoms with Crippen molar-refractivity contribution in [3.63, 3.8) is 0 Å².